The van der Waals surface area contributed by atoms with Gasteiger partial charge in [-0.3, -0.25) is 4.79 Å². The zero-order valence-corrected chi connectivity index (χ0v) is 19.6. The molecule has 0 saturated carbocycles. The van der Waals surface area contributed by atoms with Crippen molar-refractivity contribution in [2.75, 3.05) is 29.9 Å². The lowest BCUT2D eigenvalue weighted by Crippen LogP contribution is -2.38. The highest BCUT2D eigenvalue weighted by molar-refractivity contribution is 6.30. The Kier molecular flexibility index (Phi) is 6.31. The minimum absolute atomic E-state index is 0.0269. The Balaban J connectivity index is 1.27. The molecule has 4 aromatic rings. The third-order valence-electron chi connectivity index (χ3n) is 5.99. The topological polar surface area (TPSA) is 84.6 Å². The van der Waals surface area contributed by atoms with Crippen molar-refractivity contribution in [2.45, 2.75) is 19.8 Å². The van der Waals surface area contributed by atoms with E-state index >= 15 is 0 Å². The molecule has 1 aliphatic rings. The molecule has 8 nitrogen and oxygen atoms in total. The van der Waals surface area contributed by atoms with Crippen molar-refractivity contribution in [3.8, 4) is 17.1 Å². The molecule has 5 rings (SSSR count). The number of carbonyl (C=O) groups is 1. The van der Waals surface area contributed by atoms with E-state index in [2.05, 4.69) is 20.4 Å². The van der Waals surface area contributed by atoms with Crippen molar-refractivity contribution in [3.63, 3.8) is 0 Å². The summed E-state index contributed by atoms with van der Waals surface area (Å²) in [5.74, 6) is 2.16. The number of hydrogen-bond acceptors (Lipinski definition) is 6. The molecule has 174 valence electrons. The van der Waals surface area contributed by atoms with Crippen LogP contribution in [0.15, 0.2) is 60.7 Å². The molecule has 0 spiro atoms. The van der Waals surface area contributed by atoms with Crippen LogP contribution in [0, 0.1) is 5.92 Å². The van der Waals surface area contributed by atoms with Crippen molar-refractivity contribution in [2.24, 2.45) is 5.92 Å². The first-order valence-electron chi connectivity index (χ1n) is 11.4. The van der Waals surface area contributed by atoms with E-state index in [-0.39, 0.29) is 11.8 Å². The van der Waals surface area contributed by atoms with Crippen LogP contribution in [0.5, 0.6) is 5.75 Å². The second kappa shape index (κ2) is 9.69. The molecule has 1 fully saturated rings. The van der Waals surface area contributed by atoms with Crippen LogP contribution >= 0.6 is 11.6 Å². The van der Waals surface area contributed by atoms with E-state index in [9.17, 15) is 4.79 Å². The number of rotatable bonds is 6. The van der Waals surface area contributed by atoms with Crippen LogP contribution in [0.2, 0.25) is 5.02 Å². The van der Waals surface area contributed by atoms with Crippen LogP contribution in [0.25, 0.3) is 17.0 Å². The van der Waals surface area contributed by atoms with Gasteiger partial charge in [-0.25, -0.2) is 0 Å². The Hall–Kier alpha value is -3.65. The quantitative estimate of drug-likeness (QED) is 0.434. The highest BCUT2D eigenvalue weighted by Gasteiger charge is 2.26. The molecule has 1 aliphatic heterocycles. The smallest absolute Gasteiger partial charge is 0.227 e. The zero-order chi connectivity index (χ0) is 23.5. The van der Waals surface area contributed by atoms with Gasteiger partial charge in [0.2, 0.25) is 5.91 Å². The van der Waals surface area contributed by atoms with Gasteiger partial charge in [-0.15, -0.1) is 15.3 Å². The van der Waals surface area contributed by atoms with E-state index in [1.165, 1.54) is 0 Å². The van der Waals surface area contributed by atoms with Gasteiger partial charge in [0.05, 0.1) is 12.3 Å². The van der Waals surface area contributed by atoms with Gasteiger partial charge in [-0.1, -0.05) is 23.7 Å². The number of carbonyl (C=O) groups excluding carboxylic acids is 1. The van der Waals surface area contributed by atoms with Crippen LogP contribution < -0.4 is 15.0 Å². The number of aromatic nitrogens is 4. The average molecular weight is 477 g/mol. The summed E-state index contributed by atoms with van der Waals surface area (Å²) in [7, 11) is 0. The maximum absolute atomic E-state index is 12.9. The Morgan fingerprint density at radius 2 is 1.82 bits per heavy atom. The maximum Gasteiger partial charge on any atom is 0.227 e. The van der Waals surface area contributed by atoms with Crippen molar-refractivity contribution < 1.29 is 9.53 Å². The van der Waals surface area contributed by atoms with Gasteiger partial charge >= 0.3 is 0 Å². The summed E-state index contributed by atoms with van der Waals surface area (Å²) >= 11 is 6.02. The minimum atomic E-state index is -0.0609. The standard InChI is InChI=1S/C25H25ClN6O2/c1-2-34-21-6-4-3-5-20(21)27-25(33)18-13-15-31(16-14-18)23-12-11-22-28-29-24(32(22)30-23)17-7-9-19(26)10-8-17/h3-12,18H,2,13-16H2,1H3,(H,27,33). The number of piperidine rings is 1. The number of nitrogens with one attached hydrogen (secondary N) is 1. The van der Waals surface area contributed by atoms with Crippen molar-refractivity contribution in [1.29, 1.82) is 0 Å². The number of halogens is 1. The summed E-state index contributed by atoms with van der Waals surface area (Å²) in [4.78, 5) is 15.1. The lowest BCUT2D eigenvalue weighted by atomic mass is 9.95. The molecule has 0 aliphatic carbocycles. The Bertz CT molecular complexity index is 1300. The van der Waals surface area contributed by atoms with Gasteiger partial charge < -0.3 is 15.0 Å². The summed E-state index contributed by atoms with van der Waals surface area (Å²) in [5.41, 5.74) is 2.28. The first-order valence-corrected chi connectivity index (χ1v) is 11.8. The Labute approximate surface area is 202 Å². The molecule has 1 amide bonds. The van der Waals surface area contributed by atoms with E-state index in [1.54, 1.807) is 4.52 Å². The number of ether oxygens (including phenoxy) is 1. The predicted octanol–water partition coefficient (Wildman–Crippen LogP) is 4.70. The zero-order valence-electron chi connectivity index (χ0n) is 18.8. The van der Waals surface area contributed by atoms with E-state index in [0.717, 1.165) is 37.3 Å². The minimum Gasteiger partial charge on any atom is -0.492 e. The molecule has 0 unspecified atom stereocenters. The second-order valence-electron chi connectivity index (χ2n) is 8.17. The van der Waals surface area contributed by atoms with Gasteiger partial charge in [-0.05, 0) is 68.3 Å². The van der Waals surface area contributed by atoms with Crippen molar-refractivity contribution >= 4 is 34.7 Å². The van der Waals surface area contributed by atoms with E-state index < -0.39 is 0 Å². The third kappa shape index (κ3) is 4.54. The molecular formula is C25H25ClN6O2. The van der Waals surface area contributed by atoms with E-state index in [0.29, 0.717) is 34.5 Å². The highest BCUT2D eigenvalue weighted by atomic mass is 35.5. The molecule has 0 atom stereocenters. The molecule has 0 bridgehead atoms. The van der Waals surface area contributed by atoms with Gasteiger partial charge in [0.15, 0.2) is 11.5 Å². The first-order chi connectivity index (χ1) is 16.6. The summed E-state index contributed by atoms with van der Waals surface area (Å²) < 4.78 is 7.38. The van der Waals surface area contributed by atoms with E-state index in [4.69, 9.17) is 21.4 Å². The lowest BCUT2D eigenvalue weighted by Gasteiger charge is -2.32. The normalized spacial score (nSPS) is 14.4. The highest BCUT2D eigenvalue weighted by Crippen LogP contribution is 2.28. The van der Waals surface area contributed by atoms with Gasteiger partial charge in [0.1, 0.15) is 11.6 Å². The predicted molar refractivity (Wildman–Crippen MR) is 132 cm³/mol. The summed E-state index contributed by atoms with van der Waals surface area (Å²) in [6.45, 7) is 3.96. The number of benzene rings is 2. The second-order valence-corrected chi connectivity index (χ2v) is 8.61. The van der Waals surface area contributed by atoms with Gasteiger partial charge in [-0.2, -0.15) is 4.52 Å². The molecule has 34 heavy (non-hydrogen) atoms. The van der Waals surface area contributed by atoms with Gasteiger partial charge in [0.25, 0.3) is 0 Å². The lowest BCUT2D eigenvalue weighted by molar-refractivity contribution is -0.120. The van der Waals surface area contributed by atoms with Crippen LogP contribution in [-0.4, -0.2) is 45.4 Å². The fraction of sp³-hybridized carbons (Fsp3) is 0.280. The molecule has 2 aromatic carbocycles. The first kappa shape index (κ1) is 22.2. The third-order valence-corrected chi connectivity index (χ3v) is 6.24. The maximum atomic E-state index is 12.9. The van der Waals surface area contributed by atoms with Crippen LogP contribution in [0.4, 0.5) is 11.5 Å². The van der Waals surface area contributed by atoms with Crippen molar-refractivity contribution in [3.05, 3.63) is 65.7 Å². The average Bonchev–Trinajstić information content (AvgIpc) is 3.29. The number of fused-ring (bicyclic) bond motifs is 1. The van der Waals surface area contributed by atoms with Gasteiger partial charge in [0, 0.05) is 29.6 Å². The summed E-state index contributed by atoms with van der Waals surface area (Å²) in [5, 5.41) is 17.0. The monoisotopic (exact) mass is 476 g/mol. The summed E-state index contributed by atoms with van der Waals surface area (Å²) in [6.07, 6.45) is 1.49. The van der Waals surface area contributed by atoms with Crippen LogP contribution in [0.1, 0.15) is 19.8 Å². The van der Waals surface area contributed by atoms with Crippen LogP contribution in [0.3, 0.4) is 0 Å². The number of para-hydroxylation sites is 2. The number of hydrogen-bond donors (Lipinski definition) is 1. The number of anilines is 2. The molecule has 9 heteroatoms. The largest absolute Gasteiger partial charge is 0.492 e. The molecule has 1 saturated heterocycles. The van der Waals surface area contributed by atoms with Crippen molar-refractivity contribution in [1.82, 2.24) is 19.8 Å². The Morgan fingerprint density at radius 1 is 1.06 bits per heavy atom. The molecule has 3 heterocycles. The molecular weight excluding hydrogens is 452 g/mol. The number of amides is 1. The SMILES string of the molecule is CCOc1ccccc1NC(=O)C1CCN(c2ccc3nnc(-c4ccc(Cl)cc4)n3n2)CC1. The number of nitrogens with zero attached hydrogens (tertiary/aromatic N) is 5. The van der Waals surface area contributed by atoms with E-state index in [1.807, 2.05) is 67.6 Å². The molecule has 2 aromatic heterocycles. The van der Waals surface area contributed by atoms with Crippen LogP contribution in [-0.2, 0) is 4.79 Å². The molecule has 0 radical (unpaired) electrons. The Morgan fingerprint density at radius 3 is 2.59 bits per heavy atom. The fourth-order valence-corrected chi connectivity index (χ4v) is 4.31. The fourth-order valence-electron chi connectivity index (χ4n) is 4.18. The summed E-state index contributed by atoms with van der Waals surface area (Å²) in [6, 6.07) is 18.9. The molecule has 1 N–H and O–H groups in total.